The lowest BCUT2D eigenvalue weighted by molar-refractivity contribution is -0.388. The van der Waals surface area contributed by atoms with Crippen molar-refractivity contribution in [3.63, 3.8) is 0 Å². The largest absolute Gasteiger partial charge is 0.394 e. The lowest BCUT2D eigenvalue weighted by atomic mass is 9.98. The van der Waals surface area contributed by atoms with Gasteiger partial charge in [-0.15, -0.1) is 0 Å². The van der Waals surface area contributed by atoms with Crippen molar-refractivity contribution in [3.05, 3.63) is 0 Å². The van der Waals surface area contributed by atoms with Gasteiger partial charge in [0, 0.05) is 0 Å². The van der Waals surface area contributed by atoms with Gasteiger partial charge in [-0.2, -0.15) is 0 Å². The summed E-state index contributed by atoms with van der Waals surface area (Å²) in [5.41, 5.74) is 0. The molecule has 0 aromatic rings. The molecule has 0 unspecified atom stereocenters. The van der Waals surface area contributed by atoms with E-state index in [9.17, 15) is 61.0 Å². The summed E-state index contributed by atoms with van der Waals surface area (Å²) in [7, 11) is 0. The van der Waals surface area contributed by atoms with Gasteiger partial charge in [-0.25, -0.2) is 0 Å². The van der Waals surface area contributed by atoms with Gasteiger partial charge < -0.3 is 105 Å². The molecular formula is C24H44O22. The molecule has 0 aromatic heterocycles. The highest BCUT2D eigenvalue weighted by Gasteiger charge is 2.58. The summed E-state index contributed by atoms with van der Waals surface area (Å²) in [4.78, 5) is 10.5. The summed E-state index contributed by atoms with van der Waals surface area (Å²) in [5, 5.41) is 152. The molecule has 22 heteroatoms. The third kappa shape index (κ3) is 9.08. The van der Waals surface area contributed by atoms with Crippen LogP contribution in [0, 0.1) is 0 Å². The van der Waals surface area contributed by atoms with Gasteiger partial charge in [0.15, 0.2) is 18.4 Å². The molecule has 3 aliphatic heterocycles. The highest BCUT2D eigenvalue weighted by Crippen LogP contribution is 2.36. The van der Waals surface area contributed by atoms with E-state index in [2.05, 4.69) is 0 Å². The van der Waals surface area contributed by atoms with Crippen molar-refractivity contribution in [1.29, 1.82) is 0 Å². The van der Waals surface area contributed by atoms with E-state index in [0.29, 0.717) is 0 Å². The number of rotatable bonds is 13. The average molecular weight is 685 g/mol. The summed E-state index contributed by atoms with van der Waals surface area (Å²) >= 11 is 0. The zero-order valence-corrected chi connectivity index (χ0v) is 24.1. The average Bonchev–Trinajstić information content (AvgIpc) is 3.31. The van der Waals surface area contributed by atoms with Gasteiger partial charge in [-0.1, -0.05) is 0 Å². The maximum absolute atomic E-state index is 10.5. The predicted molar refractivity (Wildman–Crippen MR) is 138 cm³/mol. The Bertz CT molecular complexity index is 913. The van der Waals surface area contributed by atoms with Crippen molar-refractivity contribution < 1.29 is 110 Å². The van der Waals surface area contributed by atoms with Crippen LogP contribution in [-0.4, -0.2) is 231 Å². The van der Waals surface area contributed by atoms with Crippen molar-refractivity contribution in [2.75, 3.05) is 39.6 Å². The monoisotopic (exact) mass is 684 g/mol. The van der Waals surface area contributed by atoms with E-state index in [-0.39, 0.29) is 0 Å². The molecule has 0 amide bonds. The second kappa shape index (κ2) is 18.0. The molecule has 3 heterocycles. The molecule has 3 saturated heterocycles. The normalized spacial score (nSPS) is 43.3. The molecule has 0 aromatic carbocycles. The number of Topliss-reactive ketones (excluding diaryl/α,β-unsaturated/α-hetero) is 1. The molecule has 3 aliphatic rings. The molecule has 0 aliphatic carbocycles. The summed E-state index contributed by atoms with van der Waals surface area (Å²) in [5.74, 6) is -3.36. The van der Waals surface area contributed by atoms with E-state index in [1.165, 1.54) is 0 Å². The van der Waals surface area contributed by atoms with Crippen LogP contribution in [0.3, 0.4) is 0 Å². The molecule has 0 radical (unpaired) electrons. The fraction of sp³-hybridized carbons (Fsp3) is 0.958. The molecular weight excluding hydrogens is 640 g/mol. The number of ketones is 1. The lowest BCUT2D eigenvalue weighted by Gasteiger charge is -2.44. The number of aliphatic hydroxyl groups excluding tert-OH is 16. The summed E-state index contributed by atoms with van der Waals surface area (Å²) in [6, 6.07) is 0. The Morgan fingerprint density at radius 3 is 1.67 bits per heavy atom. The van der Waals surface area contributed by atoms with Crippen LogP contribution in [0.2, 0.25) is 0 Å². The third-order valence-electron chi connectivity index (χ3n) is 7.55. The van der Waals surface area contributed by atoms with Crippen LogP contribution < -0.4 is 0 Å². The SMILES string of the molecule is O=C(CO)[C@@H](O)[C@H](O)[C@@H](O)CO.OC[C@H]1O[C@H](OC[C@H]2O[C@H](O[C@]3(CO)O[C@H](CO)[C@@H](O)[C@@H]3O)[C@H](O)[C@@H](O)[C@@H]2O)[C@H](O)[C@@H](O)[C@H]1O. The zero-order chi connectivity index (χ0) is 35.1. The van der Waals surface area contributed by atoms with Crippen LogP contribution in [0.15, 0.2) is 0 Å². The van der Waals surface area contributed by atoms with Gasteiger partial charge in [0.05, 0.1) is 26.4 Å². The van der Waals surface area contributed by atoms with Gasteiger partial charge in [0.1, 0.15) is 98.7 Å². The Hall–Kier alpha value is -1.17. The molecule has 272 valence electrons. The van der Waals surface area contributed by atoms with Crippen molar-refractivity contribution in [3.8, 4) is 0 Å². The summed E-state index contributed by atoms with van der Waals surface area (Å²) in [6.07, 6.45) is -27.0. The van der Waals surface area contributed by atoms with Crippen LogP contribution >= 0.6 is 0 Å². The molecule has 3 fully saturated rings. The van der Waals surface area contributed by atoms with Crippen LogP contribution in [0.1, 0.15) is 0 Å². The van der Waals surface area contributed by atoms with E-state index < -0.39 is 149 Å². The Morgan fingerprint density at radius 1 is 0.674 bits per heavy atom. The quantitative estimate of drug-likeness (QED) is 0.0856. The first kappa shape index (κ1) is 41.0. The van der Waals surface area contributed by atoms with Gasteiger partial charge in [0.2, 0.25) is 5.79 Å². The Balaban J connectivity index is 0.000000521. The standard InChI is InChI=1S/C18H32O16.C6H12O6/c19-1-5-8(22)11(25)13(27)16(31-5)30-3-7-9(23)12(26)14(28)17(32-7)34-18(4-21)15(29)10(24)6(2-20)33-18;7-1-3(9)5(11)6(12)4(10)2-8/h5-17,19-29H,1-4H2;3,5-9,11-12H,1-2H2/t5-,6-,7-,8+,9-,10-,11+,12+,13-,14-,15+,16+,17-,18+;3-,5+,6+/m10/s1. The maximum Gasteiger partial charge on any atom is 0.224 e. The third-order valence-corrected chi connectivity index (χ3v) is 7.55. The van der Waals surface area contributed by atoms with Crippen molar-refractivity contribution >= 4 is 5.78 Å². The number of hydrogen-bond donors (Lipinski definition) is 16. The van der Waals surface area contributed by atoms with Crippen LogP contribution in [0.4, 0.5) is 0 Å². The summed E-state index contributed by atoms with van der Waals surface area (Å²) in [6.45, 7) is -4.83. The van der Waals surface area contributed by atoms with Crippen LogP contribution in [0.25, 0.3) is 0 Å². The fourth-order valence-electron chi connectivity index (χ4n) is 4.62. The first-order chi connectivity index (χ1) is 21.5. The van der Waals surface area contributed by atoms with Gasteiger partial charge in [-0.3, -0.25) is 4.79 Å². The predicted octanol–water partition coefficient (Wildman–Crippen LogP) is -10.9. The smallest absolute Gasteiger partial charge is 0.224 e. The van der Waals surface area contributed by atoms with E-state index in [1.54, 1.807) is 0 Å². The number of ether oxygens (including phenoxy) is 5. The Morgan fingerprint density at radius 2 is 1.20 bits per heavy atom. The Labute approximate surface area is 260 Å². The number of carbonyl (C=O) groups excluding carboxylic acids is 1. The highest BCUT2D eigenvalue weighted by atomic mass is 16.8. The first-order valence-electron chi connectivity index (χ1n) is 13.9. The Kier molecular flexibility index (Phi) is 16.0. The topological polar surface area (TPSA) is 387 Å². The van der Waals surface area contributed by atoms with Crippen molar-refractivity contribution in [2.24, 2.45) is 0 Å². The second-order valence-electron chi connectivity index (χ2n) is 10.7. The molecule has 0 bridgehead atoms. The van der Waals surface area contributed by atoms with Crippen LogP contribution in [-0.2, 0) is 28.5 Å². The molecule has 46 heavy (non-hydrogen) atoms. The van der Waals surface area contributed by atoms with E-state index in [4.69, 9.17) is 49.2 Å². The van der Waals surface area contributed by atoms with Gasteiger partial charge in [0.25, 0.3) is 0 Å². The highest BCUT2D eigenvalue weighted by molar-refractivity contribution is 5.84. The zero-order valence-electron chi connectivity index (χ0n) is 24.1. The van der Waals surface area contributed by atoms with Gasteiger partial charge in [-0.05, 0) is 0 Å². The minimum atomic E-state index is -2.36. The van der Waals surface area contributed by atoms with Crippen molar-refractivity contribution in [2.45, 2.75) is 104 Å². The van der Waals surface area contributed by atoms with E-state index in [0.717, 1.165) is 0 Å². The minimum Gasteiger partial charge on any atom is -0.394 e. The summed E-state index contributed by atoms with van der Waals surface area (Å²) < 4.78 is 26.4. The number of hydrogen-bond acceptors (Lipinski definition) is 22. The van der Waals surface area contributed by atoms with Crippen LogP contribution in [0.5, 0.6) is 0 Å². The molecule has 3 rings (SSSR count). The molecule has 22 nitrogen and oxygen atoms in total. The van der Waals surface area contributed by atoms with Crippen molar-refractivity contribution in [1.82, 2.24) is 0 Å². The lowest BCUT2D eigenvalue weighted by Crippen LogP contribution is -2.63. The molecule has 0 saturated carbocycles. The minimum absolute atomic E-state index is 0.634. The first-order valence-corrected chi connectivity index (χ1v) is 13.9. The molecule has 0 spiro atoms. The molecule has 17 atom stereocenters. The number of aliphatic hydroxyl groups is 16. The fourth-order valence-corrected chi connectivity index (χ4v) is 4.62. The van der Waals surface area contributed by atoms with E-state index >= 15 is 0 Å². The molecule has 16 N–H and O–H groups in total. The van der Waals surface area contributed by atoms with Gasteiger partial charge >= 0.3 is 0 Å². The number of carbonyl (C=O) groups is 1. The maximum atomic E-state index is 10.5. The van der Waals surface area contributed by atoms with E-state index in [1.807, 2.05) is 0 Å². The second-order valence-corrected chi connectivity index (χ2v) is 10.7.